The van der Waals surface area contributed by atoms with E-state index in [0.29, 0.717) is 12.1 Å². The molecule has 2 nitrogen and oxygen atoms in total. The van der Waals surface area contributed by atoms with Gasteiger partial charge in [0.1, 0.15) is 11.6 Å². The van der Waals surface area contributed by atoms with E-state index in [9.17, 15) is 26.7 Å². The summed E-state index contributed by atoms with van der Waals surface area (Å²) < 4.78 is 64.1. The molecular weight excluding hydrogens is 329 g/mol. The summed E-state index contributed by atoms with van der Waals surface area (Å²) >= 11 is 5.44. The van der Waals surface area contributed by atoms with Gasteiger partial charge in [-0.2, -0.15) is 13.2 Å². The highest BCUT2D eigenvalue weighted by Crippen LogP contribution is 2.36. The van der Waals surface area contributed by atoms with Crippen molar-refractivity contribution in [1.29, 1.82) is 0 Å². The third kappa shape index (κ3) is 3.73. The molecule has 2 aromatic carbocycles. The Morgan fingerprint density at radius 1 is 1.00 bits per heavy atom. The summed E-state index contributed by atoms with van der Waals surface area (Å²) in [5.74, 6) is -2.90. The largest absolute Gasteiger partial charge is 0.417 e. The first-order chi connectivity index (χ1) is 10.2. The van der Waals surface area contributed by atoms with E-state index in [1.165, 1.54) is 0 Å². The average molecular weight is 336 g/mol. The molecule has 116 valence electrons. The fraction of sp³-hybridized carbons (Fsp3) is 0.0714. The highest BCUT2D eigenvalue weighted by molar-refractivity contribution is 6.31. The smallest absolute Gasteiger partial charge is 0.322 e. The Morgan fingerprint density at radius 2 is 1.59 bits per heavy atom. The van der Waals surface area contributed by atoms with Crippen molar-refractivity contribution in [2.24, 2.45) is 0 Å². The SMILES string of the molecule is O=C(Nc1ccc(Cl)c(C(F)(F)F)c1)c1cc(F)cc(F)c1. The summed E-state index contributed by atoms with van der Waals surface area (Å²) in [5, 5.41) is 1.60. The summed E-state index contributed by atoms with van der Waals surface area (Å²) in [6, 6.07) is 4.84. The van der Waals surface area contributed by atoms with Crippen molar-refractivity contribution in [3.05, 3.63) is 64.2 Å². The van der Waals surface area contributed by atoms with E-state index in [1.54, 1.807) is 0 Å². The van der Waals surface area contributed by atoms with Crippen LogP contribution in [0.3, 0.4) is 0 Å². The average Bonchev–Trinajstić information content (AvgIpc) is 2.38. The standard InChI is InChI=1S/C14H7ClF5NO/c15-12-2-1-10(6-11(12)14(18,19)20)21-13(22)7-3-8(16)5-9(17)4-7/h1-6H,(H,21,22). The van der Waals surface area contributed by atoms with E-state index in [2.05, 4.69) is 5.32 Å². The maximum Gasteiger partial charge on any atom is 0.417 e. The molecule has 0 atom stereocenters. The number of halogens is 6. The lowest BCUT2D eigenvalue weighted by Gasteiger charge is -2.12. The molecular formula is C14H7ClF5NO. The van der Waals surface area contributed by atoms with Gasteiger partial charge in [0.05, 0.1) is 10.6 Å². The normalized spacial score (nSPS) is 11.4. The quantitative estimate of drug-likeness (QED) is 0.778. The summed E-state index contributed by atoms with van der Waals surface area (Å²) in [5.41, 5.74) is -1.69. The van der Waals surface area contributed by atoms with Crippen LogP contribution in [0.2, 0.25) is 5.02 Å². The number of hydrogen-bond acceptors (Lipinski definition) is 1. The number of carbonyl (C=O) groups excluding carboxylic acids is 1. The minimum Gasteiger partial charge on any atom is -0.322 e. The van der Waals surface area contributed by atoms with Crippen molar-refractivity contribution in [2.75, 3.05) is 5.32 Å². The van der Waals surface area contributed by atoms with E-state index < -0.39 is 34.3 Å². The van der Waals surface area contributed by atoms with Gasteiger partial charge in [-0.05, 0) is 30.3 Å². The monoisotopic (exact) mass is 335 g/mol. The van der Waals surface area contributed by atoms with Crippen LogP contribution in [0.4, 0.5) is 27.6 Å². The van der Waals surface area contributed by atoms with Gasteiger partial charge in [0, 0.05) is 17.3 Å². The summed E-state index contributed by atoms with van der Waals surface area (Å²) in [6.45, 7) is 0. The molecule has 0 aliphatic rings. The van der Waals surface area contributed by atoms with Crippen LogP contribution in [0, 0.1) is 11.6 Å². The predicted octanol–water partition coefficient (Wildman–Crippen LogP) is 4.89. The Balaban J connectivity index is 2.29. The molecule has 0 fully saturated rings. The molecule has 8 heteroatoms. The minimum atomic E-state index is -4.69. The molecule has 0 aliphatic carbocycles. The van der Waals surface area contributed by atoms with Gasteiger partial charge in [-0.25, -0.2) is 8.78 Å². The third-order valence-electron chi connectivity index (χ3n) is 2.65. The van der Waals surface area contributed by atoms with Gasteiger partial charge in [-0.3, -0.25) is 4.79 Å². The number of carbonyl (C=O) groups is 1. The second kappa shape index (κ2) is 5.92. The molecule has 2 aromatic rings. The summed E-state index contributed by atoms with van der Waals surface area (Å²) in [6.07, 6.45) is -4.69. The van der Waals surface area contributed by atoms with Crippen LogP contribution in [-0.2, 0) is 6.18 Å². The van der Waals surface area contributed by atoms with Gasteiger partial charge in [-0.1, -0.05) is 11.6 Å². The molecule has 0 saturated carbocycles. The molecule has 0 radical (unpaired) electrons. The third-order valence-corrected chi connectivity index (χ3v) is 2.98. The van der Waals surface area contributed by atoms with E-state index >= 15 is 0 Å². The number of hydrogen-bond donors (Lipinski definition) is 1. The first kappa shape index (κ1) is 16.2. The Morgan fingerprint density at radius 3 is 2.14 bits per heavy atom. The summed E-state index contributed by atoms with van der Waals surface area (Å²) in [7, 11) is 0. The van der Waals surface area contributed by atoms with Gasteiger partial charge in [-0.15, -0.1) is 0 Å². The molecule has 0 bridgehead atoms. The first-order valence-corrected chi connectivity index (χ1v) is 6.19. The van der Waals surface area contributed by atoms with Crippen LogP contribution in [0.5, 0.6) is 0 Å². The maximum absolute atomic E-state index is 13.0. The zero-order valence-corrected chi connectivity index (χ0v) is 11.4. The lowest BCUT2D eigenvalue weighted by atomic mass is 10.1. The molecule has 0 heterocycles. The van der Waals surface area contributed by atoms with Crippen LogP contribution in [-0.4, -0.2) is 5.91 Å². The van der Waals surface area contributed by atoms with E-state index in [4.69, 9.17) is 11.6 Å². The molecule has 0 aliphatic heterocycles. The zero-order valence-electron chi connectivity index (χ0n) is 10.6. The Labute approximate surface area is 126 Å². The van der Waals surface area contributed by atoms with Crippen LogP contribution in [0.1, 0.15) is 15.9 Å². The maximum atomic E-state index is 13.0. The molecule has 0 unspecified atom stereocenters. The molecule has 2 rings (SSSR count). The number of nitrogens with one attached hydrogen (secondary N) is 1. The van der Waals surface area contributed by atoms with Crippen LogP contribution < -0.4 is 5.32 Å². The van der Waals surface area contributed by atoms with Gasteiger partial charge >= 0.3 is 6.18 Å². The summed E-state index contributed by atoms with van der Waals surface area (Å²) in [4.78, 5) is 11.8. The number of anilines is 1. The van der Waals surface area contributed by atoms with E-state index in [0.717, 1.165) is 24.3 Å². The van der Waals surface area contributed by atoms with Crippen molar-refractivity contribution >= 4 is 23.2 Å². The van der Waals surface area contributed by atoms with Crippen molar-refractivity contribution in [3.63, 3.8) is 0 Å². The van der Waals surface area contributed by atoms with E-state index in [1.807, 2.05) is 0 Å². The van der Waals surface area contributed by atoms with Crippen molar-refractivity contribution in [1.82, 2.24) is 0 Å². The van der Waals surface area contributed by atoms with Gasteiger partial charge < -0.3 is 5.32 Å². The highest BCUT2D eigenvalue weighted by atomic mass is 35.5. The Kier molecular flexibility index (Phi) is 4.37. The fourth-order valence-corrected chi connectivity index (χ4v) is 1.93. The van der Waals surface area contributed by atoms with E-state index in [-0.39, 0.29) is 11.3 Å². The lowest BCUT2D eigenvalue weighted by Crippen LogP contribution is -2.14. The van der Waals surface area contributed by atoms with Crippen LogP contribution >= 0.6 is 11.6 Å². The second-order valence-electron chi connectivity index (χ2n) is 4.30. The highest BCUT2D eigenvalue weighted by Gasteiger charge is 2.33. The molecule has 0 spiro atoms. The number of amides is 1. The fourth-order valence-electron chi connectivity index (χ4n) is 1.71. The van der Waals surface area contributed by atoms with Crippen LogP contribution in [0.15, 0.2) is 36.4 Å². The molecule has 0 saturated heterocycles. The Bertz CT molecular complexity index is 709. The minimum absolute atomic E-state index is 0.202. The predicted molar refractivity (Wildman–Crippen MR) is 70.8 cm³/mol. The van der Waals surface area contributed by atoms with Gasteiger partial charge in [0.25, 0.3) is 5.91 Å². The molecule has 22 heavy (non-hydrogen) atoms. The Hall–Kier alpha value is -2.15. The first-order valence-electron chi connectivity index (χ1n) is 5.81. The van der Waals surface area contributed by atoms with Gasteiger partial charge in [0.15, 0.2) is 0 Å². The topological polar surface area (TPSA) is 29.1 Å². The molecule has 1 amide bonds. The second-order valence-corrected chi connectivity index (χ2v) is 4.71. The number of rotatable bonds is 2. The van der Waals surface area contributed by atoms with Crippen molar-refractivity contribution in [2.45, 2.75) is 6.18 Å². The molecule has 0 aromatic heterocycles. The lowest BCUT2D eigenvalue weighted by molar-refractivity contribution is -0.137. The molecule has 1 N–H and O–H groups in total. The van der Waals surface area contributed by atoms with Gasteiger partial charge in [0.2, 0.25) is 0 Å². The van der Waals surface area contributed by atoms with Crippen LogP contribution in [0.25, 0.3) is 0 Å². The van der Waals surface area contributed by atoms with Crippen molar-refractivity contribution < 1.29 is 26.7 Å². The zero-order chi connectivity index (χ0) is 16.5. The number of benzene rings is 2. The number of alkyl halides is 3. The van der Waals surface area contributed by atoms with Crippen molar-refractivity contribution in [3.8, 4) is 0 Å².